The van der Waals surface area contributed by atoms with E-state index in [1.807, 2.05) is 65.0 Å². The summed E-state index contributed by atoms with van der Waals surface area (Å²) >= 11 is 0. The molecule has 6 unspecified atom stereocenters. The van der Waals surface area contributed by atoms with E-state index in [0.29, 0.717) is 144 Å². The number of nitrogens with zero attached hydrogens (tertiary/aromatic N) is 2. The van der Waals surface area contributed by atoms with Gasteiger partial charge < -0.3 is 51.5 Å². The molecule has 3 amide bonds. The molecule has 0 aromatic heterocycles. The third kappa shape index (κ3) is 40.8. The first kappa shape index (κ1) is 110. The number of nitriles is 2. The van der Waals surface area contributed by atoms with Crippen LogP contribution in [0.25, 0.3) is 0 Å². The van der Waals surface area contributed by atoms with Crippen LogP contribution < -0.4 is 17.2 Å². The van der Waals surface area contributed by atoms with Gasteiger partial charge in [0.05, 0.1) is 85.6 Å². The van der Waals surface area contributed by atoms with E-state index in [1.165, 1.54) is 18.7 Å². The van der Waals surface area contributed by atoms with Gasteiger partial charge in [-0.1, -0.05) is 190 Å². The van der Waals surface area contributed by atoms with Crippen molar-refractivity contribution in [3.63, 3.8) is 0 Å². The van der Waals surface area contributed by atoms with Crippen LogP contribution in [0.2, 0.25) is 0 Å². The lowest BCUT2D eigenvalue weighted by molar-refractivity contribution is -0.146. The van der Waals surface area contributed by atoms with Crippen LogP contribution in [0.3, 0.4) is 0 Å². The highest BCUT2D eigenvalue weighted by molar-refractivity contribution is 5.81. The van der Waals surface area contributed by atoms with E-state index in [4.69, 9.17) is 57.3 Å². The number of carboxylic acids is 3. The second-order valence-electron chi connectivity index (χ2n) is 38.4. The third-order valence-electron chi connectivity index (χ3n) is 24.7. The number of carbonyl (C=O) groups is 10. The van der Waals surface area contributed by atoms with Gasteiger partial charge in [-0.2, -0.15) is 10.5 Å². The Bertz CT molecular complexity index is 3290. The van der Waals surface area contributed by atoms with E-state index in [-0.39, 0.29) is 112 Å². The van der Waals surface area contributed by atoms with Crippen LogP contribution in [0.5, 0.6) is 0 Å². The lowest BCUT2D eigenvalue weighted by atomic mass is 9.98. The molecule has 0 heterocycles. The predicted octanol–water partition coefficient (Wildman–Crippen LogP) is 18.9. The van der Waals surface area contributed by atoms with Crippen molar-refractivity contribution in [2.75, 3.05) is 26.9 Å². The highest BCUT2D eigenvalue weighted by Gasteiger charge is 2.51. The van der Waals surface area contributed by atoms with E-state index in [2.05, 4.69) is 163 Å². The molecule has 10 aliphatic carbocycles. The molecule has 0 aliphatic heterocycles. The highest BCUT2D eigenvalue weighted by atomic mass is 19.1. The lowest BCUT2D eigenvalue weighted by Crippen LogP contribution is -2.15. The third-order valence-corrected chi connectivity index (χ3v) is 24.7. The summed E-state index contributed by atoms with van der Waals surface area (Å²) in [4.78, 5) is 106. The Kier molecular flexibility index (Phi) is 48.8. The number of primary amides is 3. The maximum absolute atomic E-state index is 13.0. The van der Waals surface area contributed by atoms with E-state index in [9.17, 15) is 52.3 Å². The normalized spacial score (nSPS) is 27.1. The Morgan fingerprint density at radius 2 is 0.592 bits per heavy atom. The Morgan fingerprint density at radius 1 is 0.358 bits per heavy atom. The van der Waals surface area contributed by atoms with Gasteiger partial charge in [-0.25, -0.2) is 4.39 Å². The molecule has 0 radical (unpaired) electrons. The van der Waals surface area contributed by atoms with Crippen LogP contribution in [-0.4, -0.2) is 102 Å². The monoisotopic (exact) mass is 1680 g/mol. The van der Waals surface area contributed by atoms with Gasteiger partial charge in [-0.3, -0.25) is 47.9 Å². The molecule has 120 heavy (non-hydrogen) atoms. The molecule has 0 bridgehead atoms. The summed E-state index contributed by atoms with van der Waals surface area (Å²) in [6.07, 6.45) is 9.90. The lowest BCUT2D eigenvalue weighted by Gasteiger charge is -2.06. The van der Waals surface area contributed by atoms with Crippen LogP contribution in [0.15, 0.2) is 42.5 Å². The van der Waals surface area contributed by atoms with Crippen molar-refractivity contribution in [1.82, 2.24) is 0 Å². The number of aliphatic carboxylic acids is 3. The van der Waals surface area contributed by atoms with Gasteiger partial charge in [0.2, 0.25) is 17.7 Å². The Hall–Kier alpha value is -7.95. The maximum atomic E-state index is 13.0. The number of rotatable bonds is 25. The van der Waals surface area contributed by atoms with E-state index < -0.39 is 23.7 Å². The van der Waals surface area contributed by atoms with Crippen LogP contribution in [0.1, 0.15) is 285 Å². The van der Waals surface area contributed by atoms with E-state index in [1.54, 1.807) is 12.1 Å². The molecule has 12 rings (SSSR count). The SMILES string of the molecule is CC(C)C1CC1C(=O)O.CC(C)C1CC1C(N)=O.CC(C)[C@H]1C[C@@H]1C(=O)O.CC(C)[C@H]1C[C@@H]1C(N)=O.CC(C)[C@H]1C[C@H]1C(=O)O.CC(C)[C@H]1C[C@H]1C(N)=O.CC(C)c1cccc(C#N)c1.CC(C)c1cccc(F)c1C#N.CCOC(=O)C1CC1C(C)C.CCOC(=O)[C@@H]1C[C@@H]1C(C)C.CCOC(=O)[C@H]1C[C@@H]1C(C)C.COC(=O)[C@H]1C[C@@H]1C(C)C. The molecule has 9 N–H and O–H groups in total. The molecule has 0 spiro atoms. The number of halogens is 1. The molecular formula is C97H158FN5O17. The fourth-order valence-corrected chi connectivity index (χ4v) is 15.4. The quantitative estimate of drug-likeness (QED) is 0.0397. The first-order valence-electron chi connectivity index (χ1n) is 44.6. The number of hydrogen-bond donors (Lipinski definition) is 6. The molecule has 22 nitrogen and oxygen atoms in total. The Morgan fingerprint density at radius 3 is 0.750 bits per heavy atom. The number of ether oxygens (including phenoxy) is 4. The summed E-state index contributed by atoms with van der Waals surface area (Å²) in [5, 5.41) is 42.7. The van der Waals surface area contributed by atoms with Crippen molar-refractivity contribution in [3.05, 3.63) is 70.5 Å². The first-order valence-corrected chi connectivity index (χ1v) is 44.6. The predicted molar refractivity (Wildman–Crippen MR) is 467 cm³/mol. The van der Waals surface area contributed by atoms with Gasteiger partial charge in [-0.15, -0.1) is 0 Å². The van der Waals surface area contributed by atoms with Gasteiger partial charge in [0.15, 0.2) is 0 Å². The van der Waals surface area contributed by atoms with Crippen molar-refractivity contribution < 1.29 is 86.6 Å². The number of carbonyl (C=O) groups excluding carboxylic acids is 7. The number of hydrogen-bond acceptors (Lipinski definition) is 16. The Balaban J connectivity index is 0.000000655. The number of benzene rings is 2. The van der Waals surface area contributed by atoms with Gasteiger partial charge in [0, 0.05) is 17.8 Å². The minimum Gasteiger partial charge on any atom is -0.481 e. The summed E-state index contributed by atoms with van der Waals surface area (Å²) in [6.45, 7) is 57.7. The molecule has 2 aromatic carbocycles. The molecule has 10 saturated carbocycles. The van der Waals surface area contributed by atoms with E-state index in [0.717, 1.165) is 75.3 Å². The number of carboxylic acid groups (broad SMARTS) is 3. The second-order valence-corrected chi connectivity index (χ2v) is 38.4. The van der Waals surface area contributed by atoms with E-state index >= 15 is 0 Å². The van der Waals surface area contributed by atoms with Crippen molar-refractivity contribution in [3.8, 4) is 12.1 Å². The van der Waals surface area contributed by atoms with Crippen molar-refractivity contribution in [2.45, 2.75) is 263 Å². The summed E-state index contributed by atoms with van der Waals surface area (Å²) in [5.41, 5.74) is 18.2. The standard InChI is InChI=1S/C10H10FN.C10H11N.3C9H16O2.C8H14O2.3C7H13NO.3C7H12O2/c1-7(2)8-4-3-5-10(11)9(8)6-12;1-8(2)10-5-3-4-9(6-10)7-11;3*1-4-11-9(10)8-5-7(8)6(2)3;1-5(2)6-4-7(6)8(9)10-3;6*1-4(2)5-3-6(5)7(8)9/h3-5,7H,1-2H3;3-6,8H,1-2H3;3*6-8H,4-5H2,1-3H3;5-7H,4H2,1-3H3;3*4-6H,3H2,1-2H3,(H2,8,9);3*4-6H,3H2,1-2H3,(H,8,9)/t;;7-,8+;7-,8-;;6-,7+;5-,6+;5-,6-;;5-,6+;5-,6-;/m..11.111.11./s1. The summed E-state index contributed by atoms with van der Waals surface area (Å²) in [6, 6.07) is 16.4. The fourth-order valence-electron chi connectivity index (χ4n) is 15.4. The molecule has 10 aliphatic rings. The summed E-state index contributed by atoms with van der Waals surface area (Å²) < 4.78 is 32.3. The molecule has 10 fully saturated rings. The van der Waals surface area contributed by atoms with Crippen LogP contribution in [0, 0.1) is 206 Å². The van der Waals surface area contributed by atoms with Crippen molar-refractivity contribution >= 4 is 59.5 Å². The molecule has 2 aromatic rings. The first-order chi connectivity index (χ1) is 55.8. The van der Waals surface area contributed by atoms with Gasteiger partial charge in [-0.05, 0) is 244 Å². The summed E-state index contributed by atoms with van der Waals surface area (Å²) in [5.74, 6) is 11.0. The zero-order chi connectivity index (χ0) is 92.5. The number of nitrogens with two attached hydrogens (primary N) is 3. The second kappa shape index (κ2) is 53.2. The molecule has 23 heteroatoms. The number of methoxy groups -OCH3 is 1. The topological polar surface area (TPSA) is 394 Å². The molecule has 20 atom stereocenters. The minimum absolute atomic E-state index is 0.00574. The molecule has 0 saturated heterocycles. The number of amides is 3. The Labute approximate surface area is 720 Å². The zero-order valence-electron chi connectivity index (χ0n) is 78.3. The van der Waals surface area contributed by atoms with Crippen LogP contribution in [0.4, 0.5) is 4.39 Å². The van der Waals surface area contributed by atoms with Gasteiger partial charge in [0.25, 0.3) is 0 Å². The smallest absolute Gasteiger partial charge is 0.309 e. The number of esters is 4. The molecular weight excluding hydrogens is 1530 g/mol. The summed E-state index contributed by atoms with van der Waals surface area (Å²) in [7, 11) is 1.46. The fraction of sp³-hybridized carbons (Fsp3) is 0.753. The average molecular weight is 1690 g/mol. The van der Waals surface area contributed by atoms with Gasteiger partial charge >= 0.3 is 41.8 Å². The molecule has 680 valence electrons. The van der Waals surface area contributed by atoms with Crippen molar-refractivity contribution in [1.29, 1.82) is 10.5 Å². The minimum atomic E-state index is -0.617. The zero-order valence-corrected chi connectivity index (χ0v) is 78.3. The largest absolute Gasteiger partial charge is 0.481 e. The van der Waals surface area contributed by atoms with Gasteiger partial charge in [0.1, 0.15) is 11.9 Å². The van der Waals surface area contributed by atoms with Crippen LogP contribution >= 0.6 is 0 Å². The highest BCUT2D eigenvalue weighted by Crippen LogP contribution is 2.50. The average Bonchev–Trinajstić information content (AvgIpc) is 1.64. The van der Waals surface area contributed by atoms with Crippen LogP contribution in [-0.2, 0) is 66.9 Å². The maximum Gasteiger partial charge on any atom is 0.309 e. The van der Waals surface area contributed by atoms with Crippen molar-refractivity contribution in [2.24, 2.45) is 195 Å².